The lowest BCUT2D eigenvalue weighted by Crippen LogP contribution is -2.18. The summed E-state index contributed by atoms with van der Waals surface area (Å²) in [5.41, 5.74) is 6.50. The SMILES string of the molecule is CCOc1ccc(-c2nnc3n2NC(c2ccc(Br)cc2)=CS3)cc1. The van der Waals surface area contributed by atoms with E-state index in [4.69, 9.17) is 4.74 Å². The second-order valence-corrected chi connectivity index (χ2v) is 7.12. The van der Waals surface area contributed by atoms with Crippen molar-refractivity contribution in [3.05, 3.63) is 64.0 Å². The van der Waals surface area contributed by atoms with E-state index in [0.29, 0.717) is 6.61 Å². The van der Waals surface area contributed by atoms with Crippen molar-refractivity contribution in [3.63, 3.8) is 0 Å². The molecule has 0 spiro atoms. The van der Waals surface area contributed by atoms with Crippen molar-refractivity contribution in [2.45, 2.75) is 12.1 Å². The molecule has 0 saturated carbocycles. The molecule has 1 aliphatic heterocycles. The van der Waals surface area contributed by atoms with Crippen molar-refractivity contribution in [1.82, 2.24) is 14.9 Å². The molecule has 1 N–H and O–H groups in total. The molecule has 0 radical (unpaired) electrons. The molecule has 0 bridgehead atoms. The Morgan fingerprint density at radius 2 is 1.76 bits per heavy atom. The molecule has 2 heterocycles. The van der Waals surface area contributed by atoms with Gasteiger partial charge in [-0.1, -0.05) is 39.8 Å². The van der Waals surface area contributed by atoms with Crippen LogP contribution < -0.4 is 10.2 Å². The van der Waals surface area contributed by atoms with Gasteiger partial charge in [-0.3, -0.25) is 5.43 Å². The summed E-state index contributed by atoms with van der Waals surface area (Å²) >= 11 is 5.02. The minimum atomic E-state index is 0.652. The van der Waals surface area contributed by atoms with Crippen LogP contribution in [-0.4, -0.2) is 21.5 Å². The Hall–Kier alpha value is -2.25. The molecule has 0 aliphatic carbocycles. The van der Waals surface area contributed by atoms with E-state index in [-0.39, 0.29) is 0 Å². The van der Waals surface area contributed by atoms with Gasteiger partial charge in [0.2, 0.25) is 5.16 Å². The van der Waals surface area contributed by atoms with Gasteiger partial charge in [-0.15, -0.1) is 10.2 Å². The molecule has 126 valence electrons. The number of rotatable bonds is 4. The highest BCUT2D eigenvalue weighted by molar-refractivity contribution is 9.10. The molecule has 0 saturated heterocycles. The van der Waals surface area contributed by atoms with Crippen LogP contribution in [0.2, 0.25) is 0 Å². The Morgan fingerprint density at radius 3 is 2.48 bits per heavy atom. The fourth-order valence-corrected chi connectivity index (χ4v) is 3.52. The van der Waals surface area contributed by atoms with E-state index in [9.17, 15) is 0 Å². The summed E-state index contributed by atoms with van der Waals surface area (Å²) in [6.45, 7) is 2.62. The molecular formula is C18H15BrN4OS. The molecule has 25 heavy (non-hydrogen) atoms. The third-order valence-electron chi connectivity index (χ3n) is 3.73. The Morgan fingerprint density at radius 1 is 1.04 bits per heavy atom. The van der Waals surface area contributed by atoms with Crippen molar-refractivity contribution in [2.75, 3.05) is 12.0 Å². The van der Waals surface area contributed by atoms with E-state index < -0.39 is 0 Å². The number of halogens is 1. The maximum absolute atomic E-state index is 5.50. The van der Waals surface area contributed by atoms with Gasteiger partial charge in [-0.2, -0.15) is 0 Å². The van der Waals surface area contributed by atoms with Crippen molar-refractivity contribution < 1.29 is 4.74 Å². The van der Waals surface area contributed by atoms with Gasteiger partial charge in [0.25, 0.3) is 0 Å². The van der Waals surface area contributed by atoms with Crippen LogP contribution in [0.4, 0.5) is 0 Å². The highest BCUT2D eigenvalue weighted by atomic mass is 79.9. The Balaban J connectivity index is 1.63. The van der Waals surface area contributed by atoms with Gasteiger partial charge in [0.05, 0.1) is 12.3 Å². The quantitative estimate of drug-likeness (QED) is 0.666. The molecule has 3 aromatic rings. The number of fused-ring (bicyclic) bond motifs is 1. The van der Waals surface area contributed by atoms with Gasteiger partial charge in [0.1, 0.15) is 5.75 Å². The monoisotopic (exact) mass is 414 g/mol. The summed E-state index contributed by atoms with van der Waals surface area (Å²) in [5, 5.41) is 11.5. The molecule has 0 fully saturated rings. The smallest absolute Gasteiger partial charge is 0.214 e. The summed E-state index contributed by atoms with van der Waals surface area (Å²) in [4.78, 5) is 0. The molecule has 2 aromatic carbocycles. The van der Waals surface area contributed by atoms with Crippen molar-refractivity contribution >= 4 is 33.4 Å². The first kappa shape index (κ1) is 16.2. The Bertz CT molecular complexity index is 919. The van der Waals surface area contributed by atoms with Crippen molar-refractivity contribution in [1.29, 1.82) is 0 Å². The van der Waals surface area contributed by atoms with E-state index in [2.05, 4.69) is 49.1 Å². The normalized spacial score (nSPS) is 13.0. The van der Waals surface area contributed by atoms with Gasteiger partial charge >= 0.3 is 0 Å². The topological polar surface area (TPSA) is 52.0 Å². The number of ether oxygens (including phenoxy) is 1. The molecular weight excluding hydrogens is 400 g/mol. The second kappa shape index (κ2) is 6.93. The number of aromatic nitrogens is 3. The lowest BCUT2D eigenvalue weighted by molar-refractivity contribution is 0.340. The fraction of sp³-hybridized carbons (Fsp3) is 0.111. The first-order valence-corrected chi connectivity index (χ1v) is 9.50. The number of nitrogens with zero attached hydrogens (tertiary/aromatic N) is 3. The molecule has 4 rings (SSSR count). The first-order valence-electron chi connectivity index (χ1n) is 7.83. The predicted molar refractivity (Wildman–Crippen MR) is 104 cm³/mol. The van der Waals surface area contributed by atoms with Crippen LogP contribution in [0, 0.1) is 0 Å². The summed E-state index contributed by atoms with van der Waals surface area (Å²) < 4.78 is 8.47. The largest absolute Gasteiger partial charge is 0.494 e. The highest BCUT2D eigenvalue weighted by Gasteiger charge is 2.19. The zero-order valence-corrected chi connectivity index (χ0v) is 15.8. The number of nitrogens with one attached hydrogen (secondary N) is 1. The van der Waals surface area contributed by atoms with Crippen LogP contribution >= 0.6 is 27.7 Å². The van der Waals surface area contributed by atoms with E-state index in [0.717, 1.165) is 38.0 Å². The minimum absolute atomic E-state index is 0.652. The lowest BCUT2D eigenvalue weighted by atomic mass is 10.2. The van der Waals surface area contributed by atoms with E-state index in [1.165, 1.54) is 0 Å². The number of thioether (sulfide) groups is 1. The third kappa shape index (κ3) is 3.29. The second-order valence-electron chi connectivity index (χ2n) is 5.37. The molecule has 5 nitrogen and oxygen atoms in total. The van der Waals surface area contributed by atoms with Gasteiger partial charge in [-0.25, -0.2) is 4.68 Å². The highest BCUT2D eigenvalue weighted by Crippen LogP contribution is 2.32. The average Bonchev–Trinajstić information content (AvgIpc) is 3.06. The maximum Gasteiger partial charge on any atom is 0.214 e. The van der Waals surface area contributed by atoms with Crippen LogP contribution in [0.5, 0.6) is 5.75 Å². The van der Waals surface area contributed by atoms with Gasteiger partial charge < -0.3 is 4.74 Å². The lowest BCUT2D eigenvalue weighted by Gasteiger charge is -2.19. The van der Waals surface area contributed by atoms with Crippen LogP contribution in [0.15, 0.2) is 63.6 Å². The number of benzene rings is 2. The molecule has 7 heteroatoms. The summed E-state index contributed by atoms with van der Waals surface area (Å²) in [7, 11) is 0. The van der Waals surface area contributed by atoms with Crippen molar-refractivity contribution in [3.8, 4) is 17.1 Å². The molecule has 1 aliphatic rings. The minimum Gasteiger partial charge on any atom is -0.494 e. The van der Waals surface area contributed by atoms with Crippen LogP contribution in [-0.2, 0) is 0 Å². The maximum atomic E-state index is 5.50. The number of hydrogen-bond donors (Lipinski definition) is 1. The first-order chi connectivity index (χ1) is 12.2. The van der Waals surface area contributed by atoms with Crippen LogP contribution in [0.3, 0.4) is 0 Å². The molecule has 0 amide bonds. The van der Waals surface area contributed by atoms with Crippen LogP contribution in [0.1, 0.15) is 12.5 Å². The zero-order valence-electron chi connectivity index (χ0n) is 13.4. The van der Waals surface area contributed by atoms with E-state index in [1.54, 1.807) is 11.8 Å². The van der Waals surface area contributed by atoms with Gasteiger partial charge in [0.15, 0.2) is 5.82 Å². The predicted octanol–water partition coefficient (Wildman–Crippen LogP) is 4.75. The molecule has 1 aromatic heterocycles. The Labute approximate surface area is 158 Å². The molecule has 0 unspecified atom stereocenters. The average molecular weight is 415 g/mol. The summed E-state index contributed by atoms with van der Waals surface area (Å²) in [6, 6.07) is 16.1. The van der Waals surface area contributed by atoms with Crippen LogP contribution in [0.25, 0.3) is 17.1 Å². The fourth-order valence-electron chi connectivity index (χ4n) is 2.52. The van der Waals surface area contributed by atoms with E-state index in [1.807, 2.05) is 48.0 Å². The van der Waals surface area contributed by atoms with Gasteiger partial charge in [-0.05, 0) is 43.3 Å². The summed E-state index contributed by atoms with van der Waals surface area (Å²) in [6.07, 6.45) is 0. The Kier molecular flexibility index (Phi) is 4.50. The third-order valence-corrected chi connectivity index (χ3v) is 5.08. The van der Waals surface area contributed by atoms with Crippen molar-refractivity contribution in [2.24, 2.45) is 0 Å². The standard InChI is InChI=1S/C18H15BrN4OS/c1-2-24-15-9-5-13(6-10-15)17-20-21-18-23(17)22-16(11-25-18)12-3-7-14(19)8-4-12/h3-11,22H,2H2,1H3. The number of hydrogen-bond acceptors (Lipinski definition) is 5. The zero-order chi connectivity index (χ0) is 17.2. The van der Waals surface area contributed by atoms with Gasteiger partial charge in [0, 0.05) is 21.0 Å². The van der Waals surface area contributed by atoms with E-state index >= 15 is 0 Å². The molecule has 0 atom stereocenters. The summed E-state index contributed by atoms with van der Waals surface area (Å²) in [5.74, 6) is 1.62.